The molecule has 0 saturated carbocycles. The van der Waals surface area contributed by atoms with Crippen molar-refractivity contribution in [1.82, 2.24) is 5.32 Å². The molecular formula is C11H15F3N2. The first-order valence-corrected chi connectivity index (χ1v) is 5.01. The molecule has 5 heteroatoms. The Morgan fingerprint density at radius 3 is 2.12 bits per heavy atom. The fourth-order valence-corrected chi connectivity index (χ4v) is 1.18. The highest BCUT2D eigenvalue weighted by molar-refractivity contribution is 5.22. The van der Waals surface area contributed by atoms with Crippen LogP contribution in [-0.2, 0) is 13.1 Å². The van der Waals surface area contributed by atoms with Crippen LogP contribution in [0.2, 0.25) is 0 Å². The summed E-state index contributed by atoms with van der Waals surface area (Å²) in [7, 11) is 0. The van der Waals surface area contributed by atoms with E-state index >= 15 is 0 Å². The van der Waals surface area contributed by atoms with Gasteiger partial charge in [0.25, 0.3) is 0 Å². The van der Waals surface area contributed by atoms with Crippen molar-refractivity contribution in [3.63, 3.8) is 0 Å². The Labute approximate surface area is 92.6 Å². The smallest absolute Gasteiger partial charge is 0.326 e. The van der Waals surface area contributed by atoms with Gasteiger partial charge in [-0.15, -0.1) is 0 Å². The molecule has 1 rings (SSSR count). The standard InChI is InChI=1S/C11H15F3N2/c1-8(11(12,13)14)16-7-10-4-2-9(6-15)3-5-10/h2-5,8,16H,6-7,15H2,1H3. The molecule has 1 unspecified atom stereocenters. The number of nitrogens with two attached hydrogens (primary N) is 1. The monoisotopic (exact) mass is 232 g/mol. The fraction of sp³-hybridized carbons (Fsp3) is 0.455. The number of hydrogen-bond acceptors (Lipinski definition) is 2. The molecule has 0 aliphatic carbocycles. The summed E-state index contributed by atoms with van der Waals surface area (Å²) in [6.07, 6.45) is -4.20. The second kappa shape index (κ2) is 5.32. The highest BCUT2D eigenvalue weighted by Crippen LogP contribution is 2.19. The van der Waals surface area contributed by atoms with Crippen molar-refractivity contribution >= 4 is 0 Å². The third-order valence-electron chi connectivity index (χ3n) is 2.36. The van der Waals surface area contributed by atoms with Crippen LogP contribution in [0.5, 0.6) is 0 Å². The third-order valence-corrected chi connectivity index (χ3v) is 2.36. The molecule has 90 valence electrons. The molecule has 3 N–H and O–H groups in total. The largest absolute Gasteiger partial charge is 0.403 e. The van der Waals surface area contributed by atoms with E-state index in [0.717, 1.165) is 18.1 Å². The van der Waals surface area contributed by atoms with Gasteiger partial charge in [-0.2, -0.15) is 13.2 Å². The average molecular weight is 232 g/mol. The van der Waals surface area contributed by atoms with Crippen molar-refractivity contribution in [3.8, 4) is 0 Å². The molecule has 0 amide bonds. The van der Waals surface area contributed by atoms with Crippen LogP contribution in [0.1, 0.15) is 18.1 Å². The summed E-state index contributed by atoms with van der Waals surface area (Å²) in [5.74, 6) is 0. The summed E-state index contributed by atoms with van der Waals surface area (Å²) in [6, 6.07) is 5.68. The number of nitrogens with one attached hydrogen (secondary N) is 1. The summed E-state index contributed by atoms with van der Waals surface area (Å²) in [5, 5.41) is 2.42. The molecule has 0 heterocycles. The van der Waals surface area contributed by atoms with Gasteiger partial charge in [0, 0.05) is 13.1 Å². The Morgan fingerprint density at radius 2 is 1.69 bits per heavy atom. The zero-order chi connectivity index (χ0) is 12.2. The van der Waals surface area contributed by atoms with E-state index in [1.165, 1.54) is 0 Å². The van der Waals surface area contributed by atoms with Crippen LogP contribution in [-0.4, -0.2) is 12.2 Å². The van der Waals surface area contributed by atoms with Gasteiger partial charge in [-0.1, -0.05) is 24.3 Å². The summed E-state index contributed by atoms with van der Waals surface area (Å²) >= 11 is 0. The molecule has 0 aliphatic rings. The van der Waals surface area contributed by atoms with E-state index in [4.69, 9.17) is 5.73 Å². The maximum Gasteiger partial charge on any atom is 0.403 e. The Kier molecular flexibility index (Phi) is 4.32. The predicted octanol–water partition coefficient (Wildman–Crippen LogP) is 2.19. The van der Waals surface area contributed by atoms with Crippen molar-refractivity contribution in [2.45, 2.75) is 32.2 Å². The molecule has 0 saturated heterocycles. The minimum absolute atomic E-state index is 0.200. The summed E-state index contributed by atoms with van der Waals surface area (Å²) in [6.45, 7) is 1.74. The van der Waals surface area contributed by atoms with Crippen molar-refractivity contribution in [3.05, 3.63) is 35.4 Å². The molecular weight excluding hydrogens is 217 g/mol. The normalized spacial score (nSPS) is 13.8. The summed E-state index contributed by atoms with van der Waals surface area (Å²) in [4.78, 5) is 0. The van der Waals surface area contributed by atoms with Gasteiger partial charge in [0.05, 0.1) is 0 Å². The lowest BCUT2D eigenvalue weighted by Crippen LogP contribution is -2.39. The predicted molar refractivity (Wildman–Crippen MR) is 56.7 cm³/mol. The van der Waals surface area contributed by atoms with Crippen molar-refractivity contribution in [2.24, 2.45) is 5.73 Å². The lowest BCUT2D eigenvalue weighted by atomic mass is 10.1. The first-order valence-electron chi connectivity index (χ1n) is 5.01. The lowest BCUT2D eigenvalue weighted by Gasteiger charge is -2.17. The fourth-order valence-electron chi connectivity index (χ4n) is 1.18. The van der Waals surface area contributed by atoms with Crippen molar-refractivity contribution < 1.29 is 13.2 Å². The zero-order valence-electron chi connectivity index (χ0n) is 9.01. The van der Waals surface area contributed by atoms with E-state index in [0.29, 0.717) is 6.54 Å². The Balaban J connectivity index is 2.48. The second-order valence-electron chi connectivity index (χ2n) is 3.66. The molecule has 1 aromatic carbocycles. The van der Waals surface area contributed by atoms with Gasteiger partial charge in [0.2, 0.25) is 0 Å². The van der Waals surface area contributed by atoms with Crippen LogP contribution in [0.15, 0.2) is 24.3 Å². The zero-order valence-corrected chi connectivity index (χ0v) is 9.01. The van der Waals surface area contributed by atoms with Crippen LogP contribution in [0, 0.1) is 0 Å². The van der Waals surface area contributed by atoms with Crippen molar-refractivity contribution in [2.75, 3.05) is 0 Å². The molecule has 1 atom stereocenters. The van der Waals surface area contributed by atoms with Gasteiger partial charge in [-0.05, 0) is 18.1 Å². The maximum atomic E-state index is 12.2. The Hall–Kier alpha value is -1.07. The van der Waals surface area contributed by atoms with E-state index in [1.54, 1.807) is 12.1 Å². The van der Waals surface area contributed by atoms with E-state index in [2.05, 4.69) is 5.32 Å². The number of alkyl halides is 3. The third kappa shape index (κ3) is 3.83. The molecule has 0 aliphatic heterocycles. The van der Waals surface area contributed by atoms with E-state index in [9.17, 15) is 13.2 Å². The van der Waals surface area contributed by atoms with Gasteiger partial charge in [-0.3, -0.25) is 0 Å². The topological polar surface area (TPSA) is 38.0 Å². The quantitative estimate of drug-likeness (QED) is 0.835. The lowest BCUT2D eigenvalue weighted by molar-refractivity contribution is -0.151. The minimum Gasteiger partial charge on any atom is -0.326 e. The first-order chi connectivity index (χ1) is 7.43. The molecule has 0 bridgehead atoms. The van der Waals surface area contributed by atoms with E-state index in [-0.39, 0.29) is 6.54 Å². The molecule has 0 aromatic heterocycles. The summed E-state index contributed by atoms with van der Waals surface area (Å²) < 4.78 is 36.6. The minimum atomic E-state index is -4.20. The number of benzene rings is 1. The number of rotatable bonds is 4. The highest BCUT2D eigenvalue weighted by atomic mass is 19.4. The molecule has 1 aromatic rings. The highest BCUT2D eigenvalue weighted by Gasteiger charge is 2.35. The second-order valence-corrected chi connectivity index (χ2v) is 3.66. The van der Waals surface area contributed by atoms with Gasteiger partial charge in [0.15, 0.2) is 0 Å². The first kappa shape index (κ1) is 13.0. The number of hydrogen-bond donors (Lipinski definition) is 2. The van der Waals surface area contributed by atoms with Gasteiger partial charge < -0.3 is 11.1 Å². The summed E-state index contributed by atoms with van der Waals surface area (Å²) in [5.41, 5.74) is 7.19. The van der Waals surface area contributed by atoms with Crippen LogP contribution >= 0.6 is 0 Å². The van der Waals surface area contributed by atoms with Crippen LogP contribution in [0.4, 0.5) is 13.2 Å². The van der Waals surface area contributed by atoms with E-state index in [1.807, 2.05) is 12.1 Å². The molecule has 0 fully saturated rings. The Bertz CT molecular complexity index is 319. The molecule has 16 heavy (non-hydrogen) atoms. The molecule has 2 nitrogen and oxygen atoms in total. The number of halogens is 3. The van der Waals surface area contributed by atoms with Gasteiger partial charge >= 0.3 is 6.18 Å². The van der Waals surface area contributed by atoms with Gasteiger partial charge in [0.1, 0.15) is 6.04 Å². The van der Waals surface area contributed by atoms with Crippen LogP contribution in [0.3, 0.4) is 0 Å². The van der Waals surface area contributed by atoms with Crippen LogP contribution in [0.25, 0.3) is 0 Å². The Morgan fingerprint density at radius 1 is 1.19 bits per heavy atom. The molecule has 0 radical (unpaired) electrons. The average Bonchev–Trinajstić information content (AvgIpc) is 2.25. The van der Waals surface area contributed by atoms with E-state index < -0.39 is 12.2 Å². The maximum absolute atomic E-state index is 12.2. The van der Waals surface area contributed by atoms with Gasteiger partial charge in [-0.25, -0.2) is 0 Å². The SMILES string of the molecule is CC(NCc1ccc(CN)cc1)C(F)(F)F. The van der Waals surface area contributed by atoms with Crippen molar-refractivity contribution in [1.29, 1.82) is 0 Å². The molecule has 0 spiro atoms. The van der Waals surface area contributed by atoms with Crippen LogP contribution < -0.4 is 11.1 Å².